The topological polar surface area (TPSA) is 396 Å². The number of benzene rings is 6. The maximum Gasteiger partial charge on any atom is 0.338 e. The minimum atomic E-state index is -0.998. The van der Waals surface area contributed by atoms with Crippen LogP contribution >= 0.6 is 11.6 Å². The Kier molecular flexibility index (Phi) is 42.5. The highest BCUT2D eigenvalue weighted by atomic mass is 35.5. The number of aromatic nitrogens is 5. The fraction of sp³-hybridized carbons (Fsp3) is 0.247. The van der Waals surface area contributed by atoms with Crippen LogP contribution < -0.4 is 42.2 Å². The Bertz CT molecular complexity index is 5060. The molecule has 0 aliphatic heterocycles. The predicted octanol–water partition coefficient (Wildman–Crippen LogP) is 17.4. The van der Waals surface area contributed by atoms with Gasteiger partial charge >= 0.3 is 23.9 Å². The van der Waals surface area contributed by atoms with Crippen LogP contribution in [0.25, 0.3) is 0 Å². The number of carbonyl (C=O) groups excluding carboxylic acids is 7. The molecule has 6 aromatic carbocycles. The van der Waals surface area contributed by atoms with Gasteiger partial charge in [-0.25, -0.2) is 19.2 Å². The minimum absolute atomic E-state index is 0.0267. The number of aryl methyl sites for hydroxylation is 5. The Labute approximate surface area is 704 Å². The quantitative estimate of drug-likeness (QED) is 0.0135. The molecule has 11 rings (SSSR count). The molecule has 4 amide bonds. The monoisotopic (exact) mass is 1650 g/mol. The van der Waals surface area contributed by atoms with E-state index in [2.05, 4.69) is 78.2 Å². The van der Waals surface area contributed by atoms with Crippen molar-refractivity contribution in [3.8, 4) is 11.5 Å². The number of carbonyl (C=O) groups is 9. The van der Waals surface area contributed by atoms with Crippen molar-refractivity contribution in [1.29, 1.82) is 0 Å². The van der Waals surface area contributed by atoms with Crippen molar-refractivity contribution in [1.82, 2.24) is 30.2 Å². The molecule has 10 N–H and O–H groups in total. The van der Waals surface area contributed by atoms with Gasteiger partial charge in [-0.2, -0.15) is 0 Å². The standard InChI is InChI=1S/C27H31N3O3.C16H16N2O3.C14H12N2O3.C13H21NO.C9H11NO2.C7H6ClNO.C7H7NO2/c1-4-5-8-24(17-20-7-6-9-25(18-20)33-3)30-26(31)21-10-12-23(13-11-21)29-27(32)22-14-15-28-19(2)16-22;1-3-21-16(20)12-4-6-14(7-5-12)18-15(19)13-8-9-17-11(2)10-13;1-9-8-11(6-7-15-9)13(17)16-12-4-2-10(3-5-12)14(18)19;1-3-4-7-12(14)9-11-6-5-8-13(10-11)15-2;1-2-12-9(11)7-3-5-8(10)6-4-7;1-5-4-6(7(8)10)2-3-9-5;1-5-4-6(7(9)10)2-3-8-5/h6-7,9-16,18,24H,4-5,8,17H2,1-3H3,(H,29,32)(H,30,31);4-10H,3H2,1-2H3,(H,18,19);2-8H,1H3,(H,16,17)(H,18,19);5-6,8,10,12H,3-4,7,9,14H2,1-2H3;3-6H,2,10H2,1H3;2-4H,1H3;2-4H,1H3,(H,9,10)/t24-;;;12-;;;/m0..0.../s1. The molecular formula is C93H104ClN11O15. The lowest BCUT2D eigenvalue weighted by Crippen LogP contribution is -2.36. The van der Waals surface area contributed by atoms with Gasteiger partial charge in [0, 0.05) is 122 Å². The molecule has 0 saturated heterocycles. The van der Waals surface area contributed by atoms with Crippen molar-refractivity contribution in [3.63, 3.8) is 0 Å². The van der Waals surface area contributed by atoms with Crippen LogP contribution in [-0.2, 0) is 22.3 Å². The average molecular weight is 1650 g/mol. The second-order valence-corrected chi connectivity index (χ2v) is 27.1. The van der Waals surface area contributed by atoms with E-state index in [0.29, 0.717) is 74.9 Å². The average Bonchev–Trinajstić information content (AvgIpc) is 0.857. The van der Waals surface area contributed by atoms with Crippen LogP contribution in [0.5, 0.6) is 11.5 Å². The van der Waals surface area contributed by atoms with E-state index in [1.165, 1.54) is 48.9 Å². The van der Waals surface area contributed by atoms with E-state index in [1.54, 1.807) is 200 Å². The number of pyridine rings is 5. The number of nitrogen functional groups attached to an aromatic ring is 1. The molecule has 0 fully saturated rings. The first-order valence-electron chi connectivity index (χ1n) is 38.6. The molecule has 0 aliphatic rings. The number of esters is 2. The van der Waals surface area contributed by atoms with Gasteiger partial charge in [0.15, 0.2) is 0 Å². The van der Waals surface area contributed by atoms with Crippen molar-refractivity contribution in [2.45, 2.75) is 126 Å². The lowest BCUT2D eigenvalue weighted by atomic mass is 10.00. The van der Waals surface area contributed by atoms with Gasteiger partial charge in [-0.1, -0.05) is 63.8 Å². The summed E-state index contributed by atoms with van der Waals surface area (Å²) in [7, 11) is 3.34. The van der Waals surface area contributed by atoms with Gasteiger partial charge in [0.05, 0.1) is 49.7 Å². The van der Waals surface area contributed by atoms with Crippen LogP contribution in [0.3, 0.4) is 0 Å². The van der Waals surface area contributed by atoms with E-state index in [1.807, 2.05) is 51.1 Å². The van der Waals surface area contributed by atoms with Crippen LogP contribution in [0.1, 0.15) is 199 Å². The number of aromatic carboxylic acids is 2. The van der Waals surface area contributed by atoms with Gasteiger partial charge in [-0.15, -0.1) is 0 Å². The highest BCUT2D eigenvalue weighted by Gasteiger charge is 2.18. The number of hydrogen-bond acceptors (Lipinski definition) is 20. The van der Waals surface area contributed by atoms with Crippen molar-refractivity contribution < 1.29 is 72.3 Å². The van der Waals surface area contributed by atoms with Crippen LogP contribution in [0.2, 0.25) is 0 Å². The number of carboxylic acids is 2. The molecular weight excluding hydrogens is 1550 g/mol. The van der Waals surface area contributed by atoms with E-state index >= 15 is 0 Å². The fourth-order valence-electron chi connectivity index (χ4n) is 10.9. The molecule has 0 radical (unpaired) electrons. The molecule has 628 valence electrons. The molecule has 0 aliphatic carbocycles. The highest BCUT2D eigenvalue weighted by molar-refractivity contribution is 6.67. The molecule has 5 aromatic heterocycles. The maximum atomic E-state index is 12.9. The summed E-state index contributed by atoms with van der Waals surface area (Å²) in [6, 6.07) is 58.8. The van der Waals surface area contributed by atoms with E-state index in [-0.39, 0.29) is 58.8 Å². The van der Waals surface area contributed by atoms with Gasteiger partial charge in [0.2, 0.25) is 0 Å². The zero-order valence-electron chi connectivity index (χ0n) is 69.2. The maximum absolute atomic E-state index is 12.9. The third-order valence-corrected chi connectivity index (χ3v) is 17.3. The third kappa shape index (κ3) is 36.5. The molecule has 27 heteroatoms. The molecule has 5 heterocycles. The van der Waals surface area contributed by atoms with Crippen LogP contribution in [0.4, 0.5) is 22.7 Å². The summed E-state index contributed by atoms with van der Waals surface area (Å²) in [4.78, 5) is 123. The first kappa shape index (κ1) is 96.7. The molecule has 2 atom stereocenters. The lowest BCUT2D eigenvalue weighted by molar-refractivity contribution is 0.0517. The summed E-state index contributed by atoms with van der Waals surface area (Å²) in [5.74, 6) is -1.68. The fourth-order valence-corrected chi connectivity index (χ4v) is 11.0. The van der Waals surface area contributed by atoms with Crippen molar-refractivity contribution in [2.24, 2.45) is 5.73 Å². The molecule has 120 heavy (non-hydrogen) atoms. The second-order valence-electron chi connectivity index (χ2n) is 26.8. The molecule has 0 spiro atoms. The molecule has 0 unspecified atom stereocenters. The SMILES string of the molecule is CCCC[C@@H](Cc1cccc(OC)c1)NC(=O)c1ccc(NC(=O)c2ccnc(C)c2)cc1.CCCC[C@H](N)Cc1cccc(OC)c1.CCOC(=O)c1ccc(N)cc1.CCOC(=O)c1ccc(NC(=O)c2ccnc(C)c2)cc1.Cc1cc(C(=O)Cl)ccn1.Cc1cc(C(=O)Nc2ccc(C(=O)O)cc2)ccn1.Cc1cc(C(=O)O)ccn1. The van der Waals surface area contributed by atoms with E-state index in [9.17, 15) is 43.2 Å². The van der Waals surface area contributed by atoms with Crippen LogP contribution in [0.15, 0.2) is 237 Å². The number of unbranched alkanes of at least 4 members (excludes halogenated alkanes) is 2. The number of rotatable bonds is 27. The number of nitrogens with one attached hydrogen (secondary N) is 4. The van der Waals surface area contributed by atoms with Crippen molar-refractivity contribution in [2.75, 3.05) is 49.1 Å². The zero-order chi connectivity index (χ0) is 87.9. The molecule has 0 saturated carbocycles. The molecule has 26 nitrogen and oxygen atoms in total. The lowest BCUT2D eigenvalue weighted by Gasteiger charge is -2.19. The normalized spacial score (nSPS) is 10.5. The largest absolute Gasteiger partial charge is 0.497 e. The number of carboxylic acid groups (broad SMARTS) is 2. The number of anilines is 4. The molecule has 0 bridgehead atoms. The number of nitrogens with two attached hydrogens (primary N) is 2. The Hall–Kier alpha value is -13.9. The predicted molar refractivity (Wildman–Crippen MR) is 467 cm³/mol. The second kappa shape index (κ2) is 52.7. The number of methoxy groups -OCH3 is 2. The number of halogens is 1. The Morgan fingerprint density at radius 1 is 0.392 bits per heavy atom. The third-order valence-electron chi connectivity index (χ3n) is 17.0. The number of nitrogens with zero attached hydrogens (tertiary/aromatic N) is 5. The highest BCUT2D eigenvalue weighted by Crippen LogP contribution is 2.21. The van der Waals surface area contributed by atoms with Gasteiger partial charge < -0.3 is 61.9 Å². The summed E-state index contributed by atoms with van der Waals surface area (Å²) in [6.07, 6.45) is 16.0. The first-order valence-corrected chi connectivity index (χ1v) is 39.0. The van der Waals surface area contributed by atoms with Gasteiger partial charge in [-0.05, 0) is 279 Å². The zero-order valence-corrected chi connectivity index (χ0v) is 70.0. The first-order chi connectivity index (χ1) is 57.5. The van der Waals surface area contributed by atoms with E-state index in [4.69, 9.17) is 52.2 Å². The summed E-state index contributed by atoms with van der Waals surface area (Å²) in [5, 5.41) is 28.3. The van der Waals surface area contributed by atoms with Crippen molar-refractivity contribution >= 4 is 87.1 Å². The van der Waals surface area contributed by atoms with Crippen molar-refractivity contribution in [3.05, 3.63) is 327 Å². The number of amides is 4. The summed E-state index contributed by atoms with van der Waals surface area (Å²) < 4.78 is 20.2. The Balaban J connectivity index is 0.000000260. The smallest absolute Gasteiger partial charge is 0.338 e. The minimum Gasteiger partial charge on any atom is -0.497 e. The van der Waals surface area contributed by atoms with Gasteiger partial charge in [-0.3, -0.25) is 48.9 Å². The van der Waals surface area contributed by atoms with Gasteiger partial charge in [0.1, 0.15) is 11.5 Å². The number of ether oxygens (including phenoxy) is 4. The summed E-state index contributed by atoms with van der Waals surface area (Å²) in [5.41, 5.74) is 24.2. The summed E-state index contributed by atoms with van der Waals surface area (Å²) in [6.45, 7) is 17.6. The Morgan fingerprint density at radius 3 is 1.07 bits per heavy atom. The summed E-state index contributed by atoms with van der Waals surface area (Å²) >= 11 is 5.21. The number of hydrogen-bond donors (Lipinski definition) is 8. The van der Waals surface area contributed by atoms with Crippen LogP contribution in [0, 0.1) is 34.6 Å². The van der Waals surface area contributed by atoms with Crippen LogP contribution in [-0.4, -0.2) is 127 Å². The van der Waals surface area contributed by atoms with Gasteiger partial charge in [0.25, 0.3) is 28.9 Å². The van der Waals surface area contributed by atoms with E-state index in [0.717, 1.165) is 84.1 Å². The van der Waals surface area contributed by atoms with E-state index < -0.39 is 17.2 Å². The molecule has 11 aromatic rings. The Morgan fingerprint density at radius 2 is 0.725 bits per heavy atom.